The summed E-state index contributed by atoms with van der Waals surface area (Å²) in [6.07, 6.45) is 7.44. The van der Waals surface area contributed by atoms with Gasteiger partial charge in [0, 0.05) is 36.3 Å². The van der Waals surface area contributed by atoms with Crippen molar-refractivity contribution in [3.05, 3.63) is 28.5 Å². The number of pyridine rings is 1. The molecule has 0 bridgehead atoms. The first-order chi connectivity index (χ1) is 9.31. The minimum atomic E-state index is 0.788. The van der Waals surface area contributed by atoms with Crippen molar-refractivity contribution >= 4 is 15.9 Å². The molecule has 3 nitrogen and oxygen atoms in total. The molecule has 0 aliphatic carbocycles. The zero-order valence-corrected chi connectivity index (χ0v) is 13.0. The van der Waals surface area contributed by atoms with Gasteiger partial charge in [0.1, 0.15) is 0 Å². The second kappa shape index (κ2) is 6.33. The summed E-state index contributed by atoms with van der Waals surface area (Å²) in [5.41, 5.74) is 1.18. The van der Waals surface area contributed by atoms with Crippen molar-refractivity contribution in [3.63, 3.8) is 0 Å². The van der Waals surface area contributed by atoms with Gasteiger partial charge in [0.15, 0.2) is 0 Å². The molecule has 2 aliphatic heterocycles. The molecule has 2 aliphatic rings. The van der Waals surface area contributed by atoms with E-state index in [4.69, 9.17) is 0 Å². The van der Waals surface area contributed by atoms with Gasteiger partial charge in [0.05, 0.1) is 5.69 Å². The quantitative estimate of drug-likeness (QED) is 0.852. The van der Waals surface area contributed by atoms with Gasteiger partial charge < -0.3 is 0 Å². The van der Waals surface area contributed by atoms with E-state index in [1.165, 1.54) is 57.6 Å². The third-order valence-corrected chi connectivity index (χ3v) is 4.80. The van der Waals surface area contributed by atoms with Crippen molar-refractivity contribution in [2.24, 2.45) is 0 Å². The molecule has 2 fully saturated rings. The van der Waals surface area contributed by atoms with E-state index in [1.54, 1.807) is 0 Å². The minimum Gasteiger partial charge on any atom is -0.299 e. The monoisotopic (exact) mass is 323 g/mol. The van der Waals surface area contributed by atoms with Crippen LogP contribution in [0.4, 0.5) is 0 Å². The zero-order valence-electron chi connectivity index (χ0n) is 11.4. The van der Waals surface area contributed by atoms with Gasteiger partial charge >= 0.3 is 0 Å². The summed E-state index contributed by atoms with van der Waals surface area (Å²) < 4.78 is 1.06. The van der Waals surface area contributed by atoms with Gasteiger partial charge in [-0.15, -0.1) is 0 Å². The molecule has 0 radical (unpaired) electrons. The average Bonchev–Trinajstić information content (AvgIpc) is 2.91. The largest absolute Gasteiger partial charge is 0.299 e. The summed E-state index contributed by atoms with van der Waals surface area (Å²) in [6.45, 7) is 6.07. The maximum absolute atomic E-state index is 4.48. The molecule has 0 spiro atoms. The molecule has 0 amide bonds. The van der Waals surface area contributed by atoms with Gasteiger partial charge in [0.25, 0.3) is 0 Å². The minimum absolute atomic E-state index is 0.788. The molecular weight excluding hydrogens is 302 g/mol. The van der Waals surface area contributed by atoms with Gasteiger partial charge in [-0.25, -0.2) is 0 Å². The maximum atomic E-state index is 4.48. The fourth-order valence-electron chi connectivity index (χ4n) is 3.27. The van der Waals surface area contributed by atoms with Gasteiger partial charge in [0.2, 0.25) is 0 Å². The van der Waals surface area contributed by atoms with Gasteiger partial charge in [-0.2, -0.15) is 0 Å². The molecule has 4 heteroatoms. The Morgan fingerprint density at radius 1 is 1.16 bits per heavy atom. The van der Waals surface area contributed by atoms with Crippen molar-refractivity contribution in [1.29, 1.82) is 0 Å². The lowest BCUT2D eigenvalue weighted by molar-refractivity contribution is 0.161. The summed E-state index contributed by atoms with van der Waals surface area (Å²) in [5, 5.41) is 0. The third-order valence-electron chi connectivity index (χ3n) is 4.33. The molecule has 104 valence electrons. The molecule has 1 unspecified atom stereocenters. The van der Waals surface area contributed by atoms with Crippen LogP contribution in [-0.2, 0) is 6.54 Å². The maximum Gasteiger partial charge on any atom is 0.0544 e. The number of piperidine rings is 1. The second-order valence-corrected chi connectivity index (χ2v) is 6.66. The summed E-state index contributed by atoms with van der Waals surface area (Å²) in [6, 6.07) is 4.99. The summed E-state index contributed by atoms with van der Waals surface area (Å²) in [4.78, 5) is 9.74. The molecule has 3 heterocycles. The van der Waals surface area contributed by atoms with E-state index in [1.807, 2.05) is 6.20 Å². The lowest BCUT2D eigenvalue weighted by Crippen LogP contribution is -2.40. The predicted octanol–water partition coefficient (Wildman–Crippen LogP) is 2.90. The fraction of sp³-hybridized carbons (Fsp3) is 0.667. The molecule has 1 aromatic heterocycles. The van der Waals surface area contributed by atoms with Crippen LogP contribution >= 0.6 is 15.9 Å². The van der Waals surface area contributed by atoms with Crippen molar-refractivity contribution in [3.8, 4) is 0 Å². The Balaban J connectivity index is 1.52. The smallest absolute Gasteiger partial charge is 0.0544 e. The Morgan fingerprint density at radius 2 is 2.00 bits per heavy atom. The van der Waals surface area contributed by atoms with Crippen LogP contribution in [0.15, 0.2) is 22.8 Å². The van der Waals surface area contributed by atoms with E-state index < -0.39 is 0 Å². The average molecular weight is 324 g/mol. The lowest BCUT2D eigenvalue weighted by atomic mass is 10.1. The second-order valence-electron chi connectivity index (χ2n) is 5.74. The van der Waals surface area contributed by atoms with Crippen molar-refractivity contribution < 1.29 is 0 Å². The lowest BCUT2D eigenvalue weighted by Gasteiger charge is -2.32. The number of hydrogen-bond acceptors (Lipinski definition) is 3. The Morgan fingerprint density at radius 3 is 2.74 bits per heavy atom. The molecular formula is C15H22BrN3. The first-order valence-corrected chi connectivity index (χ1v) is 8.17. The Labute approximate surface area is 124 Å². The highest BCUT2D eigenvalue weighted by molar-refractivity contribution is 9.10. The van der Waals surface area contributed by atoms with E-state index in [2.05, 4.69) is 42.8 Å². The summed E-state index contributed by atoms with van der Waals surface area (Å²) in [7, 11) is 0. The van der Waals surface area contributed by atoms with E-state index >= 15 is 0 Å². The number of aromatic nitrogens is 1. The van der Waals surface area contributed by atoms with Gasteiger partial charge in [-0.05, 0) is 60.4 Å². The van der Waals surface area contributed by atoms with Crippen molar-refractivity contribution in [1.82, 2.24) is 14.8 Å². The molecule has 19 heavy (non-hydrogen) atoms. The van der Waals surface area contributed by atoms with Gasteiger partial charge in [-0.3, -0.25) is 14.8 Å². The van der Waals surface area contributed by atoms with Crippen molar-refractivity contribution in [2.45, 2.75) is 38.3 Å². The van der Waals surface area contributed by atoms with Crippen LogP contribution in [0.5, 0.6) is 0 Å². The van der Waals surface area contributed by atoms with Crippen LogP contribution in [0.25, 0.3) is 0 Å². The molecule has 1 aromatic rings. The summed E-state index contributed by atoms with van der Waals surface area (Å²) in [5.74, 6) is 0. The number of hydrogen-bond donors (Lipinski definition) is 0. The van der Waals surface area contributed by atoms with E-state index in [-0.39, 0.29) is 0 Å². The summed E-state index contributed by atoms with van der Waals surface area (Å²) >= 11 is 3.44. The molecule has 0 saturated carbocycles. The van der Waals surface area contributed by atoms with Gasteiger partial charge in [-0.1, -0.05) is 6.42 Å². The number of halogens is 1. The van der Waals surface area contributed by atoms with Crippen LogP contribution in [0.3, 0.4) is 0 Å². The predicted molar refractivity (Wildman–Crippen MR) is 81.0 cm³/mol. The molecule has 0 aromatic carbocycles. The highest BCUT2D eigenvalue weighted by atomic mass is 79.9. The van der Waals surface area contributed by atoms with E-state index in [0.29, 0.717) is 0 Å². The number of nitrogens with zero attached hydrogens (tertiary/aromatic N) is 3. The number of likely N-dealkylation sites (tertiary alicyclic amines) is 2. The number of rotatable bonds is 3. The first-order valence-electron chi connectivity index (χ1n) is 7.38. The van der Waals surface area contributed by atoms with Crippen LogP contribution in [0.1, 0.15) is 31.4 Å². The molecule has 2 saturated heterocycles. The SMILES string of the molecule is Brc1ccc(CN2CCC(N3CCCCC3)C2)nc1. The fourth-order valence-corrected chi connectivity index (χ4v) is 3.50. The third kappa shape index (κ3) is 3.56. The van der Waals surface area contributed by atoms with E-state index in [0.717, 1.165) is 17.1 Å². The van der Waals surface area contributed by atoms with Crippen LogP contribution in [0.2, 0.25) is 0 Å². The standard InChI is InChI=1S/C15H22BrN3/c16-13-4-5-14(17-10-13)11-18-9-6-15(12-18)19-7-2-1-3-8-19/h4-5,10,15H,1-3,6-9,11-12H2. The van der Waals surface area contributed by atoms with Crippen LogP contribution in [0, 0.1) is 0 Å². The van der Waals surface area contributed by atoms with Crippen LogP contribution < -0.4 is 0 Å². The van der Waals surface area contributed by atoms with Crippen molar-refractivity contribution in [2.75, 3.05) is 26.2 Å². The normalized spacial score (nSPS) is 25.8. The highest BCUT2D eigenvalue weighted by Gasteiger charge is 2.28. The van der Waals surface area contributed by atoms with E-state index in [9.17, 15) is 0 Å². The molecule has 0 N–H and O–H groups in total. The molecule has 1 atom stereocenters. The Bertz CT molecular complexity index is 400. The topological polar surface area (TPSA) is 19.4 Å². The zero-order chi connectivity index (χ0) is 13.1. The highest BCUT2D eigenvalue weighted by Crippen LogP contribution is 2.21. The Kier molecular flexibility index (Phi) is 4.51. The first kappa shape index (κ1) is 13.5. The molecule has 3 rings (SSSR count). The van der Waals surface area contributed by atoms with Crippen LogP contribution in [-0.4, -0.2) is 47.0 Å². The Hall–Kier alpha value is -0.450.